The van der Waals surface area contributed by atoms with Crippen LogP contribution < -0.4 is 10.2 Å². The Morgan fingerprint density at radius 2 is 1.87 bits per heavy atom. The van der Waals surface area contributed by atoms with Gasteiger partial charge in [0.05, 0.1) is 39.5 Å². The van der Waals surface area contributed by atoms with Gasteiger partial charge >= 0.3 is 0 Å². The number of thiophene rings is 1. The van der Waals surface area contributed by atoms with Gasteiger partial charge in [-0.25, -0.2) is 0 Å². The number of halogens is 1. The van der Waals surface area contributed by atoms with Crippen LogP contribution in [0.1, 0.15) is 9.67 Å². The first kappa shape index (κ1) is 21.0. The summed E-state index contributed by atoms with van der Waals surface area (Å²) in [5.74, 6) is -0.552. The van der Waals surface area contributed by atoms with E-state index in [0.717, 1.165) is 11.3 Å². The Bertz CT molecular complexity index is 1210. The molecule has 31 heavy (non-hydrogen) atoms. The quantitative estimate of drug-likeness (QED) is 0.437. The van der Waals surface area contributed by atoms with E-state index < -0.39 is 15.8 Å². The number of anilines is 2. The zero-order valence-electron chi connectivity index (χ0n) is 15.9. The van der Waals surface area contributed by atoms with Crippen LogP contribution in [0.15, 0.2) is 36.4 Å². The number of carbonyl (C=O) groups is 1. The normalized spacial score (nSPS) is 13.9. The van der Waals surface area contributed by atoms with E-state index in [9.17, 15) is 25.0 Å². The van der Waals surface area contributed by atoms with Crippen molar-refractivity contribution in [3.8, 4) is 0 Å². The Kier molecular flexibility index (Phi) is 5.72. The molecule has 0 radical (unpaired) electrons. The summed E-state index contributed by atoms with van der Waals surface area (Å²) in [6, 6.07) is 8.64. The number of fused-ring (bicyclic) bond motifs is 1. The van der Waals surface area contributed by atoms with Crippen molar-refractivity contribution in [3.63, 3.8) is 0 Å². The van der Waals surface area contributed by atoms with Gasteiger partial charge < -0.3 is 15.0 Å². The van der Waals surface area contributed by atoms with E-state index >= 15 is 0 Å². The largest absolute Gasteiger partial charge is 0.378 e. The van der Waals surface area contributed by atoms with E-state index in [1.165, 1.54) is 30.3 Å². The molecule has 10 nitrogen and oxygen atoms in total. The molecule has 1 aromatic heterocycles. The van der Waals surface area contributed by atoms with Gasteiger partial charge in [-0.15, -0.1) is 11.3 Å². The van der Waals surface area contributed by atoms with Crippen LogP contribution >= 0.6 is 22.9 Å². The van der Waals surface area contributed by atoms with Crippen LogP contribution in [0.4, 0.5) is 22.7 Å². The number of carbonyl (C=O) groups excluding carboxylic acids is 1. The monoisotopic (exact) mass is 462 g/mol. The summed E-state index contributed by atoms with van der Waals surface area (Å²) < 4.78 is 5.64. The molecule has 1 aliphatic heterocycles. The van der Waals surface area contributed by atoms with Crippen molar-refractivity contribution >= 4 is 61.7 Å². The summed E-state index contributed by atoms with van der Waals surface area (Å²) in [6.45, 7) is 1.95. The van der Waals surface area contributed by atoms with Gasteiger partial charge in [0.2, 0.25) is 0 Å². The smallest absolute Gasteiger partial charge is 0.287 e. The van der Waals surface area contributed by atoms with Gasteiger partial charge in [0, 0.05) is 36.7 Å². The van der Waals surface area contributed by atoms with E-state index in [-0.39, 0.29) is 21.3 Å². The molecule has 2 aromatic carbocycles. The first-order chi connectivity index (χ1) is 14.9. The van der Waals surface area contributed by atoms with Gasteiger partial charge in [0.1, 0.15) is 9.58 Å². The number of ether oxygens (including phenoxy) is 1. The maximum atomic E-state index is 13.0. The third kappa shape index (κ3) is 4.02. The molecule has 2 heterocycles. The van der Waals surface area contributed by atoms with Crippen LogP contribution in [0.25, 0.3) is 10.1 Å². The van der Waals surface area contributed by atoms with Gasteiger partial charge in [-0.2, -0.15) is 0 Å². The molecular weight excluding hydrogens is 448 g/mol. The number of nitro groups is 2. The molecule has 1 aliphatic rings. The standard InChI is InChI=1S/C19H15ClN4O6S/c20-16-12-2-1-3-14(24(28)29)17(12)31-18(16)19(25)21-13-5-4-11(23(26)27)10-15(13)22-6-8-30-9-7-22/h1-5,10H,6-9H2,(H,21,25). The first-order valence-electron chi connectivity index (χ1n) is 9.14. The van der Waals surface area contributed by atoms with Gasteiger partial charge in [0.25, 0.3) is 17.3 Å². The molecule has 0 aliphatic carbocycles. The molecule has 4 rings (SSSR count). The van der Waals surface area contributed by atoms with Gasteiger partial charge in [-0.1, -0.05) is 23.7 Å². The zero-order chi connectivity index (χ0) is 22.1. The Balaban J connectivity index is 1.71. The molecule has 0 spiro atoms. The van der Waals surface area contributed by atoms with Crippen molar-refractivity contribution in [2.45, 2.75) is 0 Å². The molecular formula is C19H15ClN4O6S. The summed E-state index contributed by atoms with van der Waals surface area (Å²) >= 11 is 7.29. The third-order valence-corrected chi connectivity index (χ3v) is 6.56. The molecule has 160 valence electrons. The van der Waals surface area contributed by atoms with Gasteiger partial charge in [-0.05, 0) is 6.07 Å². The third-order valence-electron chi connectivity index (χ3n) is 4.83. The predicted octanol–water partition coefficient (Wildman–Crippen LogP) is 4.46. The van der Waals surface area contributed by atoms with Gasteiger partial charge in [0.15, 0.2) is 0 Å². The van der Waals surface area contributed by atoms with Crippen LogP contribution in [0.5, 0.6) is 0 Å². The second-order valence-electron chi connectivity index (χ2n) is 6.67. The lowest BCUT2D eigenvalue weighted by molar-refractivity contribution is -0.384. The summed E-state index contributed by atoms with van der Waals surface area (Å²) in [7, 11) is 0. The van der Waals surface area contributed by atoms with E-state index in [1.54, 1.807) is 6.07 Å². The SMILES string of the molecule is O=C(Nc1ccc([N+](=O)[O-])cc1N1CCOCC1)c1sc2c([N+](=O)[O-])cccc2c1Cl. The van der Waals surface area contributed by atoms with Crippen molar-refractivity contribution in [3.05, 3.63) is 66.5 Å². The lowest BCUT2D eigenvalue weighted by Crippen LogP contribution is -2.36. The number of rotatable bonds is 5. The number of amides is 1. The molecule has 0 saturated carbocycles. The minimum absolute atomic E-state index is 0.102. The topological polar surface area (TPSA) is 128 Å². The summed E-state index contributed by atoms with van der Waals surface area (Å²) in [6.07, 6.45) is 0. The van der Waals surface area contributed by atoms with Crippen LogP contribution in [0, 0.1) is 20.2 Å². The highest BCUT2D eigenvalue weighted by molar-refractivity contribution is 7.22. The molecule has 0 atom stereocenters. The van der Waals surface area contributed by atoms with E-state index in [1.807, 2.05) is 4.90 Å². The number of nitro benzene ring substituents is 2. The molecule has 0 bridgehead atoms. The number of hydrogen-bond acceptors (Lipinski definition) is 8. The average Bonchev–Trinajstić information content (AvgIpc) is 3.11. The lowest BCUT2D eigenvalue weighted by Gasteiger charge is -2.30. The number of benzene rings is 2. The van der Waals surface area contributed by atoms with Crippen molar-refractivity contribution in [1.29, 1.82) is 0 Å². The molecule has 1 N–H and O–H groups in total. The summed E-state index contributed by atoms with van der Waals surface area (Å²) in [4.78, 5) is 36.5. The fourth-order valence-corrected chi connectivity index (χ4v) is 4.84. The summed E-state index contributed by atoms with van der Waals surface area (Å²) in [5.41, 5.74) is 0.636. The van der Waals surface area contributed by atoms with Crippen LogP contribution in [-0.2, 0) is 4.74 Å². The number of hydrogen-bond donors (Lipinski definition) is 1. The molecule has 1 fully saturated rings. The molecule has 3 aromatic rings. The Morgan fingerprint density at radius 3 is 2.55 bits per heavy atom. The molecule has 1 saturated heterocycles. The first-order valence-corrected chi connectivity index (χ1v) is 10.3. The van der Waals surface area contributed by atoms with Gasteiger partial charge in [-0.3, -0.25) is 25.0 Å². The number of nitrogens with one attached hydrogen (secondary N) is 1. The minimum atomic E-state index is -0.552. The van der Waals surface area contributed by atoms with Crippen LogP contribution in [-0.4, -0.2) is 42.1 Å². The molecule has 12 heteroatoms. The lowest BCUT2D eigenvalue weighted by atomic mass is 10.2. The maximum Gasteiger partial charge on any atom is 0.287 e. The van der Waals surface area contributed by atoms with Crippen molar-refractivity contribution in [2.75, 3.05) is 36.5 Å². The highest BCUT2D eigenvalue weighted by atomic mass is 35.5. The Hall–Kier alpha value is -3.28. The van der Waals surface area contributed by atoms with Crippen LogP contribution in [0.3, 0.4) is 0 Å². The maximum absolute atomic E-state index is 13.0. The Labute approximate surface area is 184 Å². The van der Waals surface area contributed by atoms with E-state index in [2.05, 4.69) is 5.32 Å². The van der Waals surface area contributed by atoms with Crippen LogP contribution in [0.2, 0.25) is 5.02 Å². The predicted molar refractivity (Wildman–Crippen MR) is 118 cm³/mol. The number of morpholine rings is 1. The minimum Gasteiger partial charge on any atom is -0.378 e. The second-order valence-corrected chi connectivity index (χ2v) is 8.07. The van der Waals surface area contributed by atoms with E-state index in [4.69, 9.17) is 16.3 Å². The molecule has 0 unspecified atom stereocenters. The fraction of sp³-hybridized carbons (Fsp3) is 0.211. The number of nitrogens with zero attached hydrogens (tertiary/aromatic N) is 3. The summed E-state index contributed by atoms with van der Waals surface area (Å²) in [5, 5.41) is 25.8. The molecule has 1 amide bonds. The van der Waals surface area contributed by atoms with Crippen molar-refractivity contribution in [1.82, 2.24) is 0 Å². The zero-order valence-corrected chi connectivity index (χ0v) is 17.4. The Morgan fingerprint density at radius 1 is 1.13 bits per heavy atom. The number of non-ortho nitro benzene ring substituents is 2. The van der Waals surface area contributed by atoms with E-state index in [0.29, 0.717) is 47.8 Å². The fourth-order valence-electron chi connectivity index (χ4n) is 3.35. The second kappa shape index (κ2) is 8.46. The highest BCUT2D eigenvalue weighted by Gasteiger charge is 2.25. The van der Waals surface area contributed by atoms with Crippen molar-refractivity contribution in [2.24, 2.45) is 0 Å². The highest BCUT2D eigenvalue weighted by Crippen LogP contribution is 2.41. The van der Waals surface area contributed by atoms with Crippen molar-refractivity contribution < 1.29 is 19.4 Å². The average molecular weight is 463 g/mol.